The number of para-hydroxylation sites is 1. The Kier molecular flexibility index (Phi) is 4.30. The van der Waals surface area contributed by atoms with Gasteiger partial charge >= 0.3 is 6.03 Å². The van der Waals surface area contributed by atoms with Gasteiger partial charge in [0.25, 0.3) is 5.91 Å². The number of fused-ring (bicyclic) bond motifs is 1. The lowest BCUT2D eigenvalue weighted by Crippen LogP contribution is -2.44. The van der Waals surface area contributed by atoms with E-state index in [1.807, 2.05) is 24.3 Å². The number of benzene rings is 2. The lowest BCUT2D eigenvalue weighted by molar-refractivity contribution is -0.134. The van der Waals surface area contributed by atoms with Crippen molar-refractivity contribution in [3.63, 3.8) is 0 Å². The van der Waals surface area contributed by atoms with Crippen LogP contribution in [0.1, 0.15) is 18.1 Å². The van der Waals surface area contributed by atoms with E-state index in [1.54, 1.807) is 43.2 Å². The number of urea groups is 1. The molecule has 1 fully saturated rings. The van der Waals surface area contributed by atoms with Crippen LogP contribution in [-0.4, -0.2) is 42.9 Å². The number of anilines is 1. The molecule has 4 rings (SSSR count). The van der Waals surface area contributed by atoms with Gasteiger partial charge in [-0.15, -0.1) is 0 Å². The van der Waals surface area contributed by atoms with Gasteiger partial charge < -0.3 is 15.0 Å². The summed E-state index contributed by atoms with van der Waals surface area (Å²) in [5.41, 5.74) is 1.36. The number of rotatable bonds is 4. The summed E-state index contributed by atoms with van der Waals surface area (Å²) in [5.74, 6) is -0.0558. The Morgan fingerprint density at radius 2 is 1.86 bits per heavy atom. The van der Waals surface area contributed by atoms with Gasteiger partial charge in [0.1, 0.15) is 17.8 Å². The Labute approximate surface area is 162 Å². The predicted octanol–water partition coefficient (Wildman–Crippen LogP) is 2.05. The zero-order valence-electron chi connectivity index (χ0n) is 15.8. The molecule has 0 aliphatic carbocycles. The van der Waals surface area contributed by atoms with Crippen molar-refractivity contribution in [2.24, 2.45) is 0 Å². The van der Waals surface area contributed by atoms with Crippen molar-refractivity contribution in [2.75, 3.05) is 25.1 Å². The molecule has 1 atom stereocenters. The van der Waals surface area contributed by atoms with E-state index >= 15 is 0 Å². The van der Waals surface area contributed by atoms with Crippen molar-refractivity contribution in [2.45, 2.75) is 18.9 Å². The lowest BCUT2D eigenvalue weighted by Gasteiger charge is -2.23. The molecule has 2 aromatic rings. The Bertz CT molecular complexity index is 956. The van der Waals surface area contributed by atoms with Gasteiger partial charge in [-0.25, -0.2) is 4.79 Å². The first-order valence-electron chi connectivity index (χ1n) is 9.11. The Balaban J connectivity index is 1.54. The molecule has 0 bridgehead atoms. The van der Waals surface area contributed by atoms with Gasteiger partial charge in [-0.1, -0.05) is 30.3 Å². The highest BCUT2D eigenvalue weighted by molar-refractivity contribution is 6.10. The van der Waals surface area contributed by atoms with E-state index in [9.17, 15) is 14.4 Å². The van der Waals surface area contributed by atoms with Crippen LogP contribution in [0.25, 0.3) is 0 Å². The highest BCUT2D eigenvalue weighted by Crippen LogP contribution is 2.31. The monoisotopic (exact) mass is 379 g/mol. The normalized spacial score (nSPS) is 20.9. The summed E-state index contributed by atoms with van der Waals surface area (Å²) in [6.45, 7) is 1.91. The van der Waals surface area contributed by atoms with Crippen LogP contribution >= 0.6 is 0 Å². The molecule has 144 valence electrons. The molecule has 7 heteroatoms. The number of hydrogen-bond donors (Lipinski definition) is 1. The van der Waals surface area contributed by atoms with Crippen LogP contribution in [0.3, 0.4) is 0 Å². The largest absolute Gasteiger partial charge is 0.497 e. The topological polar surface area (TPSA) is 79.0 Å². The van der Waals surface area contributed by atoms with Gasteiger partial charge in [-0.3, -0.25) is 14.5 Å². The summed E-state index contributed by atoms with van der Waals surface area (Å²) in [6, 6.07) is 14.0. The van der Waals surface area contributed by atoms with Gasteiger partial charge in [0.2, 0.25) is 5.91 Å². The number of carbonyl (C=O) groups is 3. The second kappa shape index (κ2) is 6.67. The molecule has 2 aliphatic rings. The Hall–Kier alpha value is -3.35. The summed E-state index contributed by atoms with van der Waals surface area (Å²) in [5, 5.41) is 2.72. The van der Waals surface area contributed by atoms with Gasteiger partial charge in [0.15, 0.2) is 0 Å². The average molecular weight is 379 g/mol. The molecule has 7 nitrogen and oxygen atoms in total. The summed E-state index contributed by atoms with van der Waals surface area (Å²) in [6.07, 6.45) is 0.769. The fourth-order valence-electron chi connectivity index (χ4n) is 3.78. The number of hydrogen-bond acceptors (Lipinski definition) is 4. The van der Waals surface area contributed by atoms with Crippen LogP contribution in [-0.2, 0) is 21.5 Å². The molecule has 1 saturated heterocycles. The Morgan fingerprint density at radius 3 is 2.57 bits per heavy atom. The maximum atomic E-state index is 13.0. The second-order valence-corrected chi connectivity index (χ2v) is 7.10. The molecular formula is C21H21N3O4. The van der Waals surface area contributed by atoms with Crippen molar-refractivity contribution < 1.29 is 19.1 Å². The molecule has 0 saturated carbocycles. The van der Waals surface area contributed by atoms with Crippen LogP contribution in [0.5, 0.6) is 5.75 Å². The first-order valence-corrected chi connectivity index (χ1v) is 9.11. The number of methoxy groups -OCH3 is 1. The molecule has 28 heavy (non-hydrogen) atoms. The van der Waals surface area contributed by atoms with Crippen molar-refractivity contribution in [3.8, 4) is 5.75 Å². The van der Waals surface area contributed by atoms with E-state index in [1.165, 1.54) is 0 Å². The number of ether oxygens (including phenoxy) is 1. The summed E-state index contributed by atoms with van der Waals surface area (Å²) in [4.78, 5) is 41.0. The van der Waals surface area contributed by atoms with Crippen molar-refractivity contribution in [1.29, 1.82) is 0 Å². The second-order valence-electron chi connectivity index (χ2n) is 7.10. The van der Waals surface area contributed by atoms with Gasteiger partial charge in [0, 0.05) is 12.2 Å². The SMILES string of the molecule is COc1ccc([C@@]2(C)NC(=O)N(CC(=O)N3CCc4ccccc43)C2=O)cc1. The average Bonchev–Trinajstić information content (AvgIpc) is 3.23. The number of nitrogens with one attached hydrogen (secondary N) is 1. The standard InChI is InChI=1S/C21H21N3O4/c1-21(15-7-9-16(28-2)10-8-15)19(26)24(20(27)22-21)13-18(25)23-12-11-14-5-3-4-6-17(14)23/h3-10H,11-13H2,1-2H3,(H,22,27)/t21-/m1/s1. The van der Waals surface area contributed by atoms with Crippen LogP contribution in [0.2, 0.25) is 0 Å². The summed E-state index contributed by atoms with van der Waals surface area (Å²) < 4.78 is 5.14. The number of amides is 4. The zero-order chi connectivity index (χ0) is 19.9. The molecular weight excluding hydrogens is 358 g/mol. The highest BCUT2D eigenvalue weighted by Gasteiger charge is 2.49. The molecule has 0 unspecified atom stereocenters. The number of imide groups is 1. The fraction of sp³-hybridized carbons (Fsp3) is 0.286. The van der Waals surface area contributed by atoms with E-state index in [2.05, 4.69) is 5.32 Å². The molecule has 1 N–H and O–H groups in total. The fourth-order valence-corrected chi connectivity index (χ4v) is 3.78. The van der Waals surface area contributed by atoms with Crippen molar-refractivity contribution in [1.82, 2.24) is 10.2 Å². The maximum Gasteiger partial charge on any atom is 0.325 e. The maximum absolute atomic E-state index is 13.0. The van der Waals surface area contributed by atoms with E-state index < -0.39 is 17.5 Å². The summed E-state index contributed by atoms with van der Waals surface area (Å²) >= 11 is 0. The molecule has 0 spiro atoms. The van der Waals surface area contributed by atoms with Gasteiger partial charge in [0.05, 0.1) is 7.11 Å². The minimum Gasteiger partial charge on any atom is -0.497 e. The van der Waals surface area contributed by atoms with Crippen molar-refractivity contribution >= 4 is 23.5 Å². The minimum absolute atomic E-state index is 0.271. The smallest absolute Gasteiger partial charge is 0.325 e. The third-order valence-corrected chi connectivity index (χ3v) is 5.42. The van der Waals surface area contributed by atoms with Crippen LogP contribution in [0.15, 0.2) is 48.5 Å². The minimum atomic E-state index is -1.22. The molecule has 0 aromatic heterocycles. The quantitative estimate of drug-likeness (QED) is 0.825. The Morgan fingerprint density at radius 1 is 1.14 bits per heavy atom. The third kappa shape index (κ3) is 2.79. The molecule has 2 aliphatic heterocycles. The van der Waals surface area contributed by atoms with E-state index in [0.717, 1.165) is 22.6 Å². The first-order chi connectivity index (χ1) is 13.4. The molecule has 2 heterocycles. The third-order valence-electron chi connectivity index (χ3n) is 5.42. The number of nitrogens with zero attached hydrogens (tertiary/aromatic N) is 2. The highest BCUT2D eigenvalue weighted by atomic mass is 16.5. The molecule has 0 radical (unpaired) electrons. The van der Waals surface area contributed by atoms with Crippen LogP contribution in [0.4, 0.5) is 10.5 Å². The van der Waals surface area contributed by atoms with Gasteiger partial charge in [-0.05, 0) is 42.7 Å². The van der Waals surface area contributed by atoms with E-state index in [4.69, 9.17) is 4.74 Å². The zero-order valence-corrected chi connectivity index (χ0v) is 15.8. The van der Waals surface area contributed by atoms with Gasteiger partial charge in [-0.2, -0.15) is 0 Å². The van der Waals surface area contributed by atoms with E-state index in [-0.39, 0.29) is 12.5 Å². The number of carbonyl (C=O) groups excluding carboxylic acids is 3. The van der Waals surface area contributed by atoms with E-state index in [0.29, 0.717) is 17.9 Å². The van der Waals surface area contributed by atoms with Crippen molar-refractivity contribution in [3.05, 3.63) is 59.7 Å². The molecule has 2 aromatic carbocycles. The first kappa shape index (κ1) is 18.0. The van der Waals surface area contributed by atoms with Crippen LogP contribution < -0.4 is 15.0 Å². The predicted molar refractivity (Wildman–Crippen MR) is 103 cm³/mol. The lowest BCUT2D eigenvalue weighted by atomic mass is 9.92. The summed E-state index contributed by atoms with van der Waals surface area (Å²) in [7, 11) is 1.56. The van der Waals surface area contributed by atoms with Crippen LogP contribution in [0, 0.1) is 0 Å². The molecule has 4 amide bonds.